The van der Waals surface area contributed by atoms with Crippen molar-refractivity contribution in [2.24, 2.45) is 0 Å². The van der Waals surface area contributed by atoms with Crippen molar-refractivity contribution in [2.45, 2.75) is 57.3 Å². The van der Waals surface area contributed by atoms with Crippen molar-refractivity contribution in [3.8, 4) is 0 Å². The highest BCUT2D eigenvalue weighted by molar-refractivity contribution is 7.15. The van der Waals surface area contributed by atoms with Gasteiger partial charge in [0, 0.05) is 20.6 Å². The SMILES string of the molecule is C[Si](C)(C)CCOCN(c1ccc2ncc(Nc3cc[c]nc3)cc2n1)c1nnc(C2CCCC2)s1. The second-order valence-electron chi connectivity index (χ2n) is 10.4. The molecule has 0 atom stereocenters. The third-order valence-electron chi connectivity index (χ3n) is 6.29. The molecule has 0 bridgehead atoms. The lowest BCUT2D eigenvalue weighted by Crippen LogP contribution is -2.26. The second-order valence-corrected chi connectivity index (χ2v) is 17.0. The maximum atomic E-state index is 6.15. The standard InChI is InChI=1S/C26H32N7OSSi/c1-36(2,3)14-13-34-18-33(26-32-31-25(35-26)19-7-4-5-8-19)24-11-10-22-23(30-24)15-21(17-28-22)29-20-9-6-12-27-16-20/h6,9-11,15-17,19,29H,4-5,7-8,13-14,18H2,1-3H3. The molecule has 8 nitrogen and oxygen atoms in total. The van der Waals surface area contributed by atoms with Crippen LogP contribution in [0.5, 0.6) is 0 Å². The minimum atomic E-state index is -1.18. The van der Waals surface area contributed by atoms with Crippen LogP contribution in [0.4, 0.5) is 22.3 Å². The zero-order valence-corrected chi connectivity index (χ0v) is 22.9. The van der Waals surface area contributed by atoms with E-state index in [0.717, 1.165) is 51.0 Å². The van der Waals surface area contributed by atoms with Crippen LogP contribution in [-0.2, 0) is 4.74 Å². The van der Waals surface area contributed by atoms with E-state index in [1.807, 2.05) is 29.2 Å². The van der Waals surface area contributed by atoms with Gasteiger partial charge in [-0.15, -0.1) is 10.2 Å². The monoisotopic (exact) mass is 518 g/mol. The molecule has 1 aliphatic carbocycles. The summed E-state index contributed by atoms with van der Waals surface area (Å²) in [5.74, 6) is 1.30. The third kappa shape index (κ3) is 6.24. The summed E-state index contributed by atoms with van der Waals surface area (Å²) < 4.78 is 6.15. The normalized spacial score (nSPS) is 14.4. The number of ether oxygens (including phenoxy) is 1. The lowest BCUT2D eigenvalue weighted by Gasteiger charge is -2.22. The Morgan fingerprint density at radius 2 is 1.94 bits per heavy atom. The van der Waals surface area contributed by atoms with Crippen LogP contribution in [0, 0.1) is 6.20 Å². The van der Waals surface area contributed by atoms with Crippen LogP contribution in [0.2, 0.25) is 25.7 Å². The Bertz CT molecular complexity index is 1290. The minimum absolute atomic E-state index is 0.389. The number of hydrogen-bond acceptors (Lipinski definition) is 9. The number of anilines is 4. The third-order valence-corrected chi connectivity index (χ3v) is 9.10. The molecule has 1 N–H and O–H groups in total. The number of pyridine rings is 3. The highest BCUT2D eigenvalue weighted by Gasteiger charge is 2.24. The Balaban J connectivity index is 1.41. The molecule has 1 fully saturated rings. The average molecular weight is 519 g/mol. The Hall–Kier alpha value is -2.95. The van der Waals surface area contributed by atoms with Crippen LogP contribution in [0.15, 0.2) is 42.7 Å². The van der Waals surface area contributed by atoms with Crippen LogP contribution in [0.25, 0.3) is 11.0 Å². The Morgan fingerprint density at radius 1 is 1.08 bits per heavy atom. The van der Waals surface area contributed by atoms with Crippen molar-refractivity contribution >= 4 is 52.8 Å². The van der Waals surface area contributed by atoms with Gasteiger partial charge in [0.2, 0.25) is 5.13 Å². The summed E-state index contributed by atoms with van der Waals surface area (Å²) in [6, 6.07) is 10.8. The first kappa shape index (κ1) is 24.7. The number of hydrogen-bond donors (Lipinski definition) is 1. The molecule has 0 unspecified atom stereocenters. The largest absolute Gasteiger partial charge is 0.361 e. The molecule has 0 aromatic carbocycles. The Labute approximate surface area is 217 Å². The Kier molecular flexibility index (Phi) is 7.54. The van der Waals surface area contributed by atoms with Gasteiger partial charge in [-0.3, -0.25) is 14.9 Å². The van der Waals surface area contributed by atoms with Gasteiger partial charge in [0.15, 0.2) is 0 Å². The van der Waals surface area contributed by atoms with E-state index in [1.165, 1.54) is 25.7 Å². The minimum Gasteiger partial charge on any atom is -0.361 e. The summed E-state index contributed by atoms with van der Waals surface area (Å²) in [7, 11) is -1.18. The molecule has 0 amide bonds. The predicted octanol–water partition coefficient (Wildman–Crippen LogP) is 6.53. The lowest BCUT2D eigenvalue weighted by atomic mass is 10.1. The number of nitrogens with one attached hydrogen (secondary N) is 1. The van der Waals surface area contributed by atoms with Crippen molar-refractivity contribution < 1.29 is 4.74 Å². The van der Waals surface area contributed by atoms with E-state index in [0.29, 0.717) is 12.6 Å². The molecule has 5 rings (SSSR count). The quantitative estimate of drug-likeness (QED) is 0.144. The van der Waals surface area contributed by atoms with Crippen molar-refractivity contribution in [2.75, 3.05) is 23.6 Å². The van der Waals surface area contributed by atoms with Crippen molar-refractivity contribution in [1.82, 2.24) is 25.1 Å². The van der Waals surface area contributed by atoms with Gasteiger partial charge in [0.25, 0.3) is 0 Å². The average Bonchev–Trinajstić information content (AvgIpc) is 3.56. The summed E-state index contributed by atoms with van der Waals surface area (Å²) in [4.78, 5) is 15.6. The predicted molar refractivity (Wildman–Crippen MR) is 148 cm³/mol. The zero-order chi connectivity index (χ0) is 25.0. The van der Waals surface area contributed by atoms with Gasteiger partial charge < -0.3 is 10.1 Å². The lowest BCUT2D eigenvalue weighted by molar-refractivity contribution is 0.153. The second kappa shape index (κ2) is 11.0. The van der Waals surface area contributed by atoms with Crippen molar-refractivity contribution in [3.05, 3.63) is 53.9 Å². The van der Waals surface area contributed by atoms with Gasteiger partial charge in [-0.1, -0.05) is 43.8 Å². The number of rotatable bonds is 10. The highest BCUT2D eigenvalue weighted by Crippen LogP contribution is 2.38. The van der Waals surface area contributed by atoms with Gasteiger partial charge in [-0.2, -0.15) is 0 Å². The molecule has 187 valence electrons. The maximum absolute atomic E-state index is 6.15. The van der Waals surface area contributed by atoms with E-state index in [-0.39, 0.29) is 0 Å². The van der Waals surface area contributed by atoms with Crippen LogP contribution >= 0.6 is 11.3 Å². The van der Waals surface area contributed by atoms with E-state index >= 15 is 0 Å². The summed E-state index contributed by atoms with van der Waals surface area (Å²) in [5.41, 5.74) is 3.34. The summed E-state index contributed by atoms with van der Waals surface area (Å²) in [6.07, 6.45) is 11.3. The van der Waals surface area contributed by atoms with E-state index in [2.05, 4.69) is 51.3 Å². The highest BCUT2D eigenvalue weighted by atomic mass is 32.1. The van der Waals surface area contributed by atoms with Crippen LogP contribution in [-0.4, -0.2) is 46.6 Å². The molecule has 4 aromatic heterocycles. The fourth-order valence-corrected chi connectivity index (χ4v) is 5.97. The maximum Gasteiger partial charge on any atom is 0.215 e. The molecular formula is C26H32N7OSSi. The number of nitrogens with zero attached hydrogens (tertiary/aromatic N) is 6. The molecule has 1 aliphatic rings. The fraction of sp³-hybridized carbons (Fsp3) is 0.423. The van der Waals surface area contributed by atoms with Crippen LogP contribution < -0.4 is 10.2 Å². The zero-order valence-electron chi connectivity index (χ0n) is 21.1. The van der Waals surface area contributed by atoms with Gasteiger partial charge in [-0.25, -0.2) is 4.98 Å². The molecule has 0 aliphatic heterocycles. The molecule has 10 heteroatoms. The molecule has 1 radical (unpaired) electrons. The Morgan fingerprint density at radius 3 is 2.72 bits per heavy atom. The van der Waals surface area contributed by atoms with E-state index in [9.17, 15) is 0 Å². The molecule has 36 heavy (non-hydrogen) atoms. The molecular weight excluding hydrogens is 486 g/mol. The first-order chi connectivity index (χ1) is 17.4. The van der Waals surface area contributed by atoms with Crippen LogP contribution in [0.3, 0.4) is 0 Å². The first-order valence-electron chi connectivity index (χ1n) is 12.5. The van der Waals surface area contributed by atoms with Gasteiger partial charge in [0.05, 0.1) is 41.0 Å². The summed E-state index contributed by atoms with van der Waals surface area (Å²) in [5, 5.41) is 14.4. The number of fused-ring (bicyclic) bond motifs is 1. The smallest absolute Gasteiger partial charge is 0.215 e. The van der Waals surface area contributed by atoms with Gasteiger partial charge in [-0.05, 0) is 49.2 Å². The molecule has 4 heterocycles. The summed E-state index contributed by atoms with van der Waals surface area (Å²) in [6.45, 7) is 8.20. The van der Waals surface area contributed by atoms with E-state index < -0.39 is 8.07 Å². The molecule has 0 saturated heterocycles. The first-order valence-corrected chi connectivity index (χ1v) is 17.0. The number of aromatic nitrogens is 5. The summed E-state index contributed by atoms with van der Waals surface area (Å²) >= 11 is 1.66. The molecule has 1 saturated carbocycles. The van der Waals surface area contributed by atoms with Crippen molar-refractivity contribution in [1.29, 1.82) is 0 Å². The topological polar surface area (TPSA) is 89.0 Å². The fourth-order valence-electron chi connectivity index (χ4n) is 4.20. The van der Waals surface area contributed by atoms with Crippen LogP contribution in [0.1, 0.15) is 36.6 Å². The van der Waals surface area contributed by atoms with E-state index in [4.69, 9.17) is 9.72 Å². The van der Waals surface area contributed by atoms with E-state index in [1.54, 1.807) is 29.8 Å². The van der Waals surface area contributed by atoms with Gasteiger partial charge >= 0.3 is 0 Å². The molecule has 4 aromatic rings. The van der Waals surface area contributed by atoms with Gasteiger partial charge in [0.1, 0.15) is 17.6 Å². The van der Waals surface area contributed by atoms with Crippen molar-refractivity contribution in [3.63, 3.8) is 0 Å². The molecule has 0 spiro atoms.